The molecule has 0 aromatic heterocycles. The van der Waals surface area contributed by atoms with Crippen LogP contribution in [0.2, 0.25) is 0 Å². The summed E-state index contributed by atoms with van der Waals surface area (Å²) in [4.78, 5) is 39.7. The molecular formula is C27H23FN2O4. The summed E-state index contributed by atoms with van der Waals surface area (Å²) in [7, 11) is 0. The Kier molecular flexibility index (Phi) is 7.88. The van der Waals surface area contributed by atoms with Gasteiger partial charge in [0.15, 0.2) is 12.4 Å². The largest absolute Gasteiger partial charge is 0.452 e. The van der Waals surface area contributed by atoms with Crippen LogP contribution >= 0.6 is 0 Å². The highest BCUT2D eigenvalue weighted by Crippen LogP contribution is 2.21. The second-order valence-corrected chi connectivity index (χ2v) is 7.65. The van der Waals surface area contributed by atoms with E-state index in [-0.39, 0.29) is 35.6 Å². The predicted octanol–water partition coefficient (Wildman–Crippen LogP) is 4.78. The van der Waals surface area contributed by atoms with Gasteiger partial charge in [0.05, 0.1) is 23.7 Å². The third-order valence-electron chi connectivity index (χ3n) is 5.38. The standard InChI is InChI=1S/C27H23FN2O4/c1-18-12-13-20(16-19(18)2)26(32)21-8-3-4-9-22(21)27(33)34-17-25(31)30(15-7-14-29)24-11-6-5-10-23(24)28/h3-6,8-13,16H,7,15,17H2,1-2H3. The molecule has 1 amide bonds. The van der Waals surface area contributed by atoms with Gasteiger partial charge in [-0.05, 0) is 49.2 Å². The van der Waals surface area contributed by atoms with Crippen LogP contribution in [0.1, 0.15) is 43.8 Å². The minimum Gasteiger partial charge on any atom is -0.452 e. The van der Waals surface area contributed by atoms with Crippen molar-refractivity contribution in [3.8, 4) is 6.07 Å². The van der Waals surface area contributed by atoms with Crippen molar-refractivity contribution < 1.29 is 23.5 Å². The number of halogens is 1. The lowest BCUT2D eigenvalue weighted by Crippen LogP contribution is -2.36. The van der Waals surface area contributed by atoms with Gasteiger partial charge >= 0.3 is 5.97 Å². The Balaban J connectivity index is 1.79. The molecular weight excluding hydrogens is 435 g/mol. The van der Waals surface area contributed by atoms with Crippen LogP contribution in [0.5, 0.6) is 0 Å². The van der Waals surface area contributed by atoms with Crippen molar-refractivity contribution in [2.24, 2.45) is 0 Å². The number of ketones is 1. The van der Waals surface area contributed by atoms with Crippen molar-refractivity contribution in [1.29, 1.82) is 5.26 Å². The van der Waals surface area contributed by atoms with E-state index in [1.165, 1.54) is 30.3 Å². The van der Waals surface area contributed by atoms with Crippen LogP contribution in [-0.2, 0) is 9.53 Å². The number of rotatable bonds is 8. The number of nitriles is 1. The lowest BCUT2D eigenvalue weighted by atomic mass is 9.96. The first-order valence-electron chi connectivity index (χ1n) is 10.6. The molecule has 0 saturated carbocycles. The molecule has 0 saturated heterocycles. The number of amides is 1. The van der Waals surface area contributed by atoms with E-state index in [4.69, 9.17) is 10.00 Å². The maximum Gasteiger partial charge on any atom is 0.339 e. The third kappa shape index (κ3) is 5.54. The smallest absolute Gasteiger partial charge is 0.339 e. The number of hydrogen-bond donors (Lipinski definition) is 0. The van der Waals surface area contributed by atoms with E-state index < -0.39 is 24.3 Å². The molecule has 172 valence electrons. The lowest BCUT2D eigenvalue weighted by molar-refractivity contribution is -0.121. The fourth-order valence-corrected chi connectivity index (χ4v) is 3.39. The normalized spacial score (nSPS) is 10.3. The monoisotopic (exact) mass is 458 g/mol. The molecule has 6 nitrogen and oxygen atoms in total. The molecule has 3 aromatic carbocycles. The van der Waals surface area contributed by atoms with Crippen LogP contribution in [0.15, 0.2) is 66.7 Å². The Hall–Kier alpha value is -4.31. The van der Waals surface area contributed by atoms with Gasteiger partial charge in [-0.25, -0.2) is 9.18 Å². The van der Waals surface area contributed by atoms with Crippen LogP contribution in [0.4, 0.5) is 10.1 Å². The summed E-state index contributed by atoms with van der Waals surface area (Å²) in [6.07, 6.45) is -0.0265. The summed E-state index contributed by atoms with van der Waals surface area (Å²) in [5.41, 5.74) is 2.58. The maximum atomic E-state index is 14.2. The van der Waals surface area contributed by atoms with Crippen LogP contribution in [0, 0.1) is 31.0 Å². The number of anilines is 1. The number of aryl methyl sites for hydroxylation is 2. The van der Waals surface area contributed by atoms with E-state index in [9.17, 15) is 18.8 Å². The number of ether oxygens (including phenoxy) is 1. The Morgan fingerprint density at radius 2 is 1.62 bits per heavy atom. The zero-order valence-electron chi connectivity index (χ0n) is 18.9. The van der Waals surface area contributed by atoms with Crippen molar-refractivity contribution in [3.63, 3.8) is 0 Å². The molecule has 3 rings (SSSR count). The minimum absolute atomic E-state index is 0.0101. The molecule has 0 aliphatic carbocycles. The average Bonchev–Trinajstić information content (AvgIpc) is 2.85. The van der Waals surface area contributed by atoms with E-state index in [1.54, 1.807) is 30.3 Å². The Bertz CT molecular complexity index is 1280. The maximum absolute atomic E-state index is 14.2. The minimum atomic E-state index is -0.852. The molecule has 0 radical (unpaired) electrons. The number of esters is 1. The van der Waals surface area contributed by atoms with Crippen LogP contribution in [0.3, 0.4) is 0 Å². The van der Waals surface area contributed by atoms with Gasteiger partial charge in [0.1, 0.15) is 5.82 Å². The van der Waals surface area contributed by atoms with Gasteiger partial charge in [-0.2, -0.15) is 5.26 Å². The quantitative estimate of drug-likeness (QED) is 0.358. The van der Waals surface area contributed by atoms with E-state index in [0.717, 1.165) is 16.0 Å². The molecule has 0 aliphatic rings. The number of hydrogen-bond acceptors (Lipinski definition) is 5. The first-order valence-corrected chi connectivity index (χ1v) is 10.6. The van der Waals surface area contributed by atoms with E-state index in [0.29, 0.717) is 5.56 Å². The Morgan fingerprint density at radius 1 is 0.941 bits per heavy atom. The molecule has 0 atom stereocenters. The van der Waals surface area contributed by atoms with Gasteiger partial charge < -0.3 is 9.64 Å². The summed E-state index contributed by atoms with van der Waals surface area (Å²) < 4.78 is 19.4. The molecule has 0 bridgehead atoms. The SMILES string of the molecule is Cc1ccc(C(=O)c2ccccc2C(=O)OCC(=O)N(CCC#N)c2ccccc2F)cc1C. The summed E-state index contributed by atoms with van der Waals surface area (Å²) in [5.74, 6) is -2.52. The molecule has 7 heteroatoms. The summed E-state index contributed by atoms with van der Waals surface area (Å²) >= 11 is 0. The fraction of sp³-hybridized carbons (Fsp3) is 0.185. The predicted molar refractivity (Wildman–Crippen MR) is 125 cm³/mol. The van der Waals surface area contributed by atoms with E-state index in [1.807, 2.05) is 26.0 Å². The summed E-state index contributed by atoms with van der Waals surface area (Å²) in [6, 6.07) is 19.0. The average molecular weight is 458 g/mol. The summed E-state index contributed by atoms with van der Waals surface area (Å²) in [5, 5.41) is 8.89. The fourth-order valence-electron chi connectivity index (χ4n) is 3.39. The van der Waals surface area contributed by atoms with Crippen molar-refractivity contribution >= 4 is 23.3 Å². The first-order chi connectivity index (χ1) is 16.3. The highest BCUT2D eigenvalue weighted by atomic mass is 19.1. The highest BCUT2D eigenvalue weighted by Gasteiger charge is 2.23. The molecule has 0 aliphatic heterocycles. The zero-order chi connectivity index (χ0) is 24.7. The Morgan fingerprint density at radius 3 is 2.29 bits per heavy atom. The third-order valence-corrected chi connectivity index (χ3v) is 5.38. The number of carbonyl (C=O) groups is 3. The Labute approximate surface area is 197 Å². The van der Waals surface area contributed by atoms with Crippen LogP contribution in [0.25, 0.3) is 0 Å². The van der Waals surface area contributed by atoms with Gasteiger partial charge in [0, 0.05) is 17.7 Å². The molecule has 0 spiro atoms. The number of para-hydroxylation sites is 1. The second-order valence-electron chi connectivity index (χ2n) is 7.65. The van der Waals surface area contributed by atoms with Crippen molar-refractivity contribution in [2.45, 2.75) is 20.3 Å². The molecule has 3 aromatic rings. The molecule has 0 heterocycles. The number of benzene rings is 3. The van der Waals surface area contributed by atoms with Crippen LogP contribution < -0.4 is 4.90 Å². The highest BCUT2D eigenvalue weighted by molar-refractivity contribution is 6.14. The first kappa shape index (κ1) is 24.3. The number of nitrogens with zero attached hydrogens (tertiary/aromatic N) is 2. The molecule has 34 heavy (non-hydrogen) atoms. The van der Waals surface area contributed by atoms with Gasteiger partial charge in [0.2, 0.25) is 0 Å². The number of carbonyl (C=O) groups excluding carboxylic acids is 3. The van der Waals surface area contributed by atoms with E-state index in [2.05, 4.69) is 0 Å². The molecule has 0 fully saturated rings. The van der Waals surface area contributed by atoms with E-state index >= 15 is 0 Å². The molecule has 0 N–H and O–H groups in total. The van der Waals surface area contributed by atoms with Crippen molar-refractivity contribution in [3.05, 3.63) is 100 Å². The second kappa shape index (κ2) is 11.0. The zero-order valence-corrected chi connectivity index (χ0v) is 18.9. The van der Waals surface area contributed by atoms with Crippen molar-refractivity contribution in [1.82, 2.24) is 0 Å². The van der Waals surface area contributed by atoms with Gasteiger partial charge in [0.25, 0.3) is 5.91 Å². The topological polar surface area (TPSA) is 87.5 Å². The van der Waals surface area contributed by atoms with Gasteiger partial charge in [-0.3, -0.25) is 9.59 Å². The van der Waals surface area contributed by atoms with Gasteiger partial charge in [-0.15, -0.1) is 0 Å². The summed E-state index contributed by atoms with van der Waals surface area (Å²) in [6.45, 7) is 3.10. The lowest BCUT2D eigenvalue weighted by Gasteiger charge is -2.22. The molecule has 0 unspecified atom stereocenters. The van der Waals surface area contributed by atoms with Crippen molar-refractivity contribution in [2.75, 3.05) is 18.1 Å². The van der Waals surface area contributed by atoms with Crippen LogP contribution in [-0.4, -0.2) is 30.8 Å². The van der Waals surface area contributed by atoms with Gasteiger partial charge in [-0.1, -0.05) is 42.5 Å².